The Labute approximate surface area is 207 Å². The molecule has 2 aliphatic rings. The van der Waals surface area contributed by atoms with Crippen LogP contribution in [0.5, 0.6) is 0 Å². The first-order valence-corrected chi connectivity index (χ1v) is 12.1. The van der Waals surface area contributed by atoms with Gasteiger partial charge in [0.1, 0.15) is 24.0 Å². The molecular weight excluding hydrogens is 432 g/mol. The summed E-state index contributed by atoms with van der Waals surface area (Å²) < 4.78 is 0. The van der Waals surface area contributed by atoms with E-state index in [4.69, 9.17) is 9.97 Å². The van der Waals surface area contributed by atoms with Crippen LogP contribution in [0.25, 0.3) is 11.4 Å². The zero-order valence-corrected chi connectivity index (χ0v) is 20.8. The Balaban J connectivity index is 1.60. The summed E-state index contributed by atoms with van der Waals surface area (Å²) in [6, 6.07) is 27.4. The molecule has 1 aromatic heterocycles. The Bertz CT molecular complexity index is 1320. The van der Waals surface area contributed by atoms with Crippen molar-refractivity contribution in [2.24, 2.45) is 0 Å². The lowest BCUT2D eigenvalue weighted by Gasteiger charge is -2.32. The maximum Gasteiger partial charge on any atom is 0.163 e. The first-order chi connectivity index (χ1) is 17.0. The summed E-state index contributed by atoms with van der Waals surface area (Å²) in [7, 11) is 4.29. The summed E-state index contributed by atoms with van der Waals surface area (Å²) >= 11 is 0. The number of anilines is 6. The standard InChI is InChI=1S/C29H30N6/c1-19-28(34-20(2)32(4)23-15-9-11-17-25(23)34)30-27(22-13-7-6-8-14-22)31-29(19)35-21(3)33(5)24-16-10-12-18-26(24)35/h6-18,20-21H,1-5H3/t20-,21+. The molecule has 35 heavy (non-hydrogen) atoms. The summed E-state index contributed by atoms with van der Waals surface area (Å²) in [4.78, 5) is 19.7. The minimum absolute atomic E-state index is 0.128. The lowest BCUT2D eigenvalue weighted by molar-refractivity contribution is 0.712. The molecule has 176 valence electrons. The summed E-state index contributed by atoms with van der Waals surface area (Å²) in [5.74, 6) is 2.62. The molecule has 6 nitrogen and oxygen atoms in total. The molecule has 3 aromatic carbocycles. The van der Waals surface area contributed by atoms with Crippen molar-refractivity contribution in [2.45, 2.75) is 33.1 Å². The molecule has 0 bridgehead atoms. The number of fused-ring (bicyclic) bond motifs is 2. The Morgan fingerprint density at radius 3 is 1.43 bits per heavy atom. The second kappa shape index (κ2) is 8.01. The highest BCUT2D eigenvalue weighted by Crippen LogP contribution is 2.48. The molecular formula is C29H30N6. The summed E-state index contributed by atoms with van der Waals surface area (Å²) in [6.45, 7) is 6.61. The average Bonchev–Trinajstić information content (AvgIpc) is 3.30. The number of rotatable bonds is 3. The van der Waals surface area contributed by atoms with E-state index >= 15 is 0 Å². The molecule has 0 spiro atoms. The van der Waals surface area contributed by atoms with Crippen molar-refractivity contribution in [3.8, 4) is 11.4 Å². The lowest BCUT2D eigenvalue weighted by atomic mass is 10.1. The van der Waals surface area contributed by atoms with Crippen LogP contribution in [0.1, 0.15) is 19.4 Å². The summed E-state index contributed by atoms with van der Waals surface area (Å²) in [5, 5.41) is 0. The van der Waals surface area contributed by atoms with Gasteiger partial charge in [0.15, 0.2) is 5.82 Å². The fourth-order valence-electron chi connectivity index (χ4n) is 5.34. The predicted octanol–water partition coefficient (Wildman–Crippen LogP) is 6.32. The number of aromatic nitrogens is 2. The number of benzene rings is 3. The van der Waals surface area contributed by atoms with E-state index in [2.05, 4.69) is 115 Å². The highest BCUT2D eigenvalue weighted by atomic mass is 15.4. The fraction of sp³-hybridized carbons (Fsp3) is 0.241. The predicted molar refractivity (Wildman–Crippen MR) is 145 cm³/mol. The maximum atomic E-state index is 5.19. The van der Waals surface area contributed by atoms with E-state index < -0.39 is 0 Å². The summed E-state index contributed by atoms with van der Waals surface area (Å²) in [6.07, 6.45) is 0.256. The van der Waals surface area contributed by atoms with Gasteiger partial charge in [-0.2, -0.15) is 0 Å². The molecule has 6 rings (SSSR count). The van der Waals surface area contributed by atoms with Crippen LogP contribution in [-0.2, 0) is 0 Å². The molecule has 0 saturated heterocycles. The van der Waals surface area contributed by atoms with Crippen LogP contribution in [0.3, 0.4) is 0 Å². The first-order valence-electron chi connectivity index (χ1n) is 12.1. The van der Waals surface area contributed by atoms with E-state index in [-0.39, 0.29) is 12.3 Å². The van der Waals surface area contributed by atoms with E-state index in [0.29, 0.717) is 0 Å². The van der Waals surface area contributed by atoms with Crippen molar-refractivity contribution in [1.82, 2.24) is 9.97 Å². The van der Waals surface area contributed by atoms with Gasteiger partial charge < -0.3 is 19.6 Å². The maximum absolute atomic E-state index is 5.19. The molecule has 3 heterocycles. The third kappa shape index (κ3) is 3.16. The molecule has 6 heteroatoms. The van der Waals surface area contributed by atoms with Crippen LogP contribution in [0, 0.1) is 6.92 Å². The van der Waals surface area contributed by atoms with Gasteiger partial charge in [0.2, 0.25) is 0 Å². The molecule has 0 saturated carbocycles. The summed E-state index contributed by atoms with van der Waals surface area (Å²) in [5.41, 5.74) is 6.83. The monoisotopic (exact) mass is 462 g/mol. The van der Waals surface area contributed by atoms with Gasteiger partial charge in [0.25, 0.3) is 0 Å². The minimum Gasteiger partial charge on any atom is -0.352 e. The molecule has 2 aliphatic heterocycles. The number of nitrogens with zero attached hydrogens (tertiary/aromatic N) is 6. The molecule has 0 aliphatic carbocycles. The molecule has 0 amide bonds. The van der Waals surface area contributed by atoms with Crippen LogP contribution >= 0.6 is 0 Å². The normalized spacial score (nSPS) is 18.8. The molecule has 0 radical (unpaired) electrons. The smallest absolute Gasteiger partial charge is 0.163 e. The third-order valence-corrected chi connectivity index (χ3v) is 7.49. The van der Waals surface area contributed by atoms with Crippen LogP contribution in [0.2, 0.25) is 0 Å². The van der Waals surface area contributed by atoms with Gasteiger partial charge in [0.05, 0.1) is 22.7 Å². The quantitative estimate of drug-likeness (QED) is 0.355. The van der Waals surface area contributed by atoms with Crippen molar-refractivity contribution in [2.75, 3.05) is 33.7 Å². The Kier molecular flexibility index (Phi) is 4.92. The van der Waals surface area contributed by atoms with Crippen LogP contribution in [0.4, 0.5) is 34.4 Å². The number of hydrogen-bond donors (Lipinski definition) is 0. The molecule has 4 aromatic rings. The van der Waals surface area contributed by atoms with Crippen LogP contribution < -0.4 is 19.6 Å². The largest absolute Gasteiger partial charge is 0.352 e. The average molecular weight is 463 g/mol. The number of hydrogen-bond acceptors (Lipinski definition) is 6. The van der Waals surface area contributed by atoms with Gasteiger partial charge in [-0.1, -0.05) is 54.6 Å². The van der Waals surface area contributed by atoms with Crippen molar-refractivity contribution in [3.63, 3.8) is 0 Å². The van der Waals surface area contributed by atoms with Gasteiger partial charge in [-0.3, -0.25) is 0 Å². The first kappa shape index (κ1) is 21.5. The van der Waals surface area contributed by atoms with Crippen molar-refractivity contribution in [1.29, 1.82) is 0 Å². The van der Waals surface area contributed by atoms with E-state index in [1.54, 1.807) is 0 Å². The van der Waals surface area contributed by atoms with Crippen molar-refractivity contribution >= 4 is 34.4 Å². The Morgan fingerprint density at radius 2 is 0.971 bits per heavy atom. The van der Waals surface area contributed by atoms with E-state index in [1.807, 2.05) is 18.2 Å². The van der Waals surface area contributed by atoms with Gasteiger partial charge in [-0.05, 0) is 45.0 Å². The molecule has 0 N–H and O–H groups in total. The highest BCUT2D eigenvalue weighted by molar-refractivity contribution is 5.88. The second-order valence-electron chi connectivity index (χ2n) is 9.39. The zero-order valence-electron chi connectivity index (χ0n) is 20.8. The van der Waals surface area contributed by atoms with Gasteiger partial charge in [0, 0.05) is 25.2 Å². The number of para-hydroxylation sites is 4. The highest BCUT2D eigenvalue weighted by Gasteiger charge is 2.37. The minimum atomic E-state index is 0.128. The van der Waals surface area contributed by atoms with Gasteiger partial charge in [-0.25, -0.2) is 9.97 Å². The fourth-order valence-corrected chi connectivity index (χ4v) is 5.34. The Morgan fingerprint density at radius 1 is 0.571 bits per heavy atom. The molecule has 0 unspecified atom stereocenters. The molecule has 0 fully saturated rings. The second-order valence-corrected chi connectivity index (χ2v) is 9.39. The van der Waals surface area contributed by atoms with E-state index in [1.165, 1.54) is 22.7 Å². The van der Waals surface area contributed by atoms with E-state index in [9.17, 15) is 0 Å². The van der Waals surface area contributed by atoms with Crippen molar-refractivity contribution < 1.29 is 0 Å². The van der Waals surface area contributed by atoms with E-state index in [0.717, 1.165) is 28.6 Å². The van der Waals surface area contributed by atoms with Crippen LogP contribution in [0.15, 0.2) is 78.9 Å². The van der Waals surface area contributed by atoms with Crippen molar-refractivity contribution in [3.05, 3.63) is 84.4 Å². The van der Waals surface area contributed by atoms with Gasteiger partial charge >= 0.3 is 0 Å². The Hall–Kier alpha value is -4.06. The topological polar surface area (TPSA) is 38.7 Å². The SMILES string of the molecule is Cc1c(N2c3ccccc3N(C)[C@H]2C)nc(-c2ccccc2)nc1N1c2ccccc2N(C)[C@@H]1C. The zero-order chi connectivity index (χ0) is 24.3. The third-order valence-electron chi connectivity index (χ3n) is 7.49. The molecule has 2 atom stereocenters. The van der Waals surface area contributed by atoms with Gasteiger partial charge in [-0.15, -0.1) is 0 Å². The lowest BCUT2D eigenvalue weighted by Crippen LogP contribution is -2.38. The van der Waals surface area contributed by atoms with Crippen LogP contribution in [-0.4, -0.2) is 36.4 Å².